The van der Waals surface area contributed by atoms with Crippen LogP contribution in [0.1, 0.15) is 25.1 Å². The first-order valence-corrected chi connectivity index (χ1v) is 8.17. The van der Waals surface area contributed by atoms with Gasteiger partial charge in [-0.1, -0.05) is 0 Å². The van der Waals surface area contributed by atoms with Crippen molar-refractivity contribution < 1.29 is 4.74 Å². The van der Waals surface area contributed by atoms with Gasteiger partial charge in [0, 0.05) is 25.3 Å². The lowest BCUT2D eigenvalue weighted by Gasteiger charge is -2.25. The molecule has 0 spiro atoms. The molecule has 0 aliphatic carbocycles. The molecule has 2 aromatic heterocycles. The number of aromatic nitrogens is 5. The molecule has 122 valence electrons. The van der Waals surface area contributed by atoms with Crippen LogP contribution in [0, 0.1) is 0 Å². The maximum atomic E-state index is 5.49. The zero-order valence-electron chi connectivity index (χ0n) is 13.0. The van der Waals surface area contributed by atoms with Crippen molar-refractivity contribution in [3.8, 4) is 0 Å². The Balaban J connectivity index is 1.38. The molecule has 4 rings (SSSR count). The summed E-state index contributed by atoms with van der Waals surface area (Å²) in [5.41, 5.74) is 0. The molecule has 2 aromatic rings. The van der Waals surface area contributed by atoms with E-state index in [-0.39, 0.29) is 6.04 Å². The molecule has 4 heterocycles. The van der Waals surface area contributed by atoms with E-state index in [9.17, 15) is 0 Å². The summed E-state index contributed by atoms with van der Waals surface area (Å²) in [4.78, 5) is 13.2. The van der Waals surface area contributed by atoms with Gasteiger partial charge in [0.25, 0.3) is 0 Å². The van der Waals surface area contributed by atoms with Crippen LogP contribution in [0.5, 0.6) is 0 Å². The van der Waals surface area contributed by atoms with Crippen molar-refractivity contribution in [2.75, 3.05) is 23.8 Å². The lowest BCUT2D eigenvalue weighted by Crippen LogP contribution is -2.33. The smallest absolute Gasteiger partial charge is 0.224 e. The number of rotatable bonds is 4. The highest BCUT2D eigenvalue weighted by molar-refractivity contribution is 5.41. The second-order valence-electron chi connectivity index (χ2n) is 6.06. The predicted molar refractivity (Wildman–Crippen MR) is 85.2 cm³/mol. The zero-order valence-corrected chi connectivity index (χ0v) is 13.0. The summed E-state index contributed by atoms with van der Waals surface area (Å²) < 4.78 is 7.44. The molecule has 2 atom stereocenters. The number of ether oxygens (including phenoxy) is 1. The largest absolute Gasteiger partial charge is 0.379 e. The summed E-state index contributed by atoms with van der Waals surface area (Å²) in [7, 11) is 0. The third-order valence-corrected chi connectivity index (χ3v) is 4.31. The van der Waals surface area contributed by atoms with E-state index in [0.29, 0.717) is 12.0 Å². The quantitative estimate of drug-likeness (QED) is 0.872. The molecule has 8 heteroatoms. The Morgan fingerprint density at radius 2 is 2.17 bits per heavy atom. The maximum Gasteiger partial charge on any atom is 0.224 e. The summed E-state index contributed by atoms with van der Waals surface area (Å²) in [5.74, 6) is 2.55. The standard InChI is InChI=1S/C15H21N7O/c1-2-12(9-23-7-1)19-13-5-6-16-15(21-13)20-11-3-4-14-17-10-18-22(14)8-11/h5-6,10-12H,1-4,7-9H2,(H2,16,19,20,21). The molecule has 8 nitrogen and oxygen atoms in total. The summed E-state index contributed by atoms with van der Waals surface area (Å²) in [6, 6.07) is 2.51. The fourth-order valence-electron chi connectivity index (χ4n) is 3.11. The van der Waals surface area contributed by atoms with Crippen molar-refractivity contribution in [2.24, 2.45) is 0 Å². The molecule has 0 bridgehead atoms. The van der Waals surface area contributed by atoms with E-state index in [2.05, 4.69) is 30.7 Å². The van der Waals surface area contributed by atoms with Crippen LogP contribution < -0.4 is 10.6 Å². The van der Waals surface area contributed by atoms with Gasteiger partial charge in [-0.25, -0.2) is 14.6 Å². The number of hydrogen-bond donors (Lipinski definition) is 2. The van der Waals surface area contributed by atoms with Gasteiger partial charge in [-0.3, -0.25) is 0 Å². The molecule has 2 N–H and O–H groups in total. The Morgan fingerprint density at radius 1 is 1.17 bits per heavy atom. The van der Waals surface area contributed by atoms with Crippen molar-refractivity contribution >= 4 is 11.8 Å². The van der Waals surface area contributed by atoms with Crippen molar-refractivity contribution in [1.29, 1.82) is 0 Å². The highest BCUT2D eigenvalue weighted by Gasteiger charge is 2.20. The first-order chi connectivity index (χ1) is 11.4. The molecule has 0 radical (unpaired) electrons. The van der Waals surface area contributed by atoms with Crippen molar-refractivity contribution in [1.82, 2.24) is 24.7 Å². The van der Waals surface area contributed by atoms with Crippen LogP contribution in [0.3, 0.4) is 0 Å². The molecular weight excluding hydrogens is 294 g/mol. The average Bonchev–Trinajstić information content (AvgIpc) is 3.04. The fourth-order valence-corrected chi connectivity index (χ4v) is 3.11. The fraction of sp³-hybridized carbons (Fsp3) is 0.600. The van der Waals surface area contributed by atoms with Crippen LogP contribution in [0.25, 0.3) is 0 Å². The number of nitrogens with zero attached hydrogens (tertiary/aromatic N) is 5. The lowest BCUT2D eigenvalue weighted by atomic mass is 10.1. The zero-order chi connectivity index (χ0) is 15.5. The van der Waals surface area contributed by atoms with Crippen molar-refractivity contribution in [3.05, 3.63) is 24.4 Å². The Hall–Kier alpha value is -2.22. The third-order valence-electron chi connectivity index (χ3n) is 4.31. The van der Waals surface area contributed by atoms with Gasteiger partial charge in [0.1, 0.15) is 18.0 Å². The van der Waals surface area contributed by atoms with Crippen LogP contribution in [0.15, 0.2) is 18.6 Å². The first-order valence-electron chi connectivity index (χ1n) is 8.17. The van der Waals surface area contributed by atoms with Gasteiger partial charge in [0.2, 0.25) is 5.95 Å². The van der Waals surface area contributed by atoms with Crippen LogP contribution in [-0.4, -0.2) is 50.0 Å². The van der Waals surface area contributed by atoms with Gasteiger partial charge in [0.05, 0.1) is 19.2 Å². The summed E-state index contributed by atoms with van der Waals surface area (Å²) in [5, 5.41) is 11.1. The topological polar surface area (TPSA) is 89.8 Å². The minimum Gasteiger partial charge on any atom is -0.379 e. The molecular formula is C15H21N7O. The number of aryl methyl sites for hydroxylation is 1. The first kappa shape index (κ1) is 14.4. The van der Waals surface area contributed by atoms with Gasteiger partial charge in [-0.15, -0.1) is 0 Å². The summed E-state index contributed by atoms with van der Waals surface area (Å²) in [6.07, 6.45) is 7.54. The van der Waals surface area contributed by atoms with E-state index in [0.717, 1.165) is 57.1 Å². The molecule has 1 saturated heterocycles. The number of hydrogen-bond acceptors (Lipinski definition) is 7. The third kappa shape index (κ3) is 3.42. The maximum absolute atomic E-state index is 5.49. The van der Waals surface area contributed by atoms with Crippen LogP contribution in [-0.2, 0) is 17.7 Å². The molecule has 2 aliphatic heterocycles. The Labute approximate surface area is 134 Å². The van der Waals surface area contributed by atoms with Gasteiger partial charge in [-0.2, -0.15) is 10.1 Å². The summed E-state index contributed by atoms with van der Waals surface area (Å²) in [6.45, 7) is 2.40. The molecule has 0 aromatic carbocycles. The summed E-state index contributed by atoms with van der Waals surface area (Å²) >= 11 is 0. The normalized spacial score (nSPS) is 24.0. The van der Waals surface area contributed by atoms with Gasteiger partial charge >= 0.3 is 0 Å². The lowest BCUT2D eigenvalue weighted by molar-refractivity contribution is 0.0875. The minimum atomic E-state index is 0.275. The Morgan fingerprint density at radius 3 is 3.09 bits per heavy atom. The highest BCUT2D eigenvalue weighted by atomic mass is 16.5. The van der Waals surface area contributed by atoms with Crippen LogP contribution in [0.2, 0.25) is 0 Å². The highest BCUT2D eigenvalue weighted by Crippen LogP contribution is 2.17. The van der Waals surface area contributed by atoms with E-state index in [1.165, 1.54) is 0 Å². The molecule has 23 heavy (non-hydrogen) atoms. The van der Waals surface area contributed by atoms with E-state index in [1.807, 2.05) is 10.7 Å². The number of nitrogens with one attached hydrogen (secondary N) is 2. The van der Waals surface area contributed by atoms with Crippen LogP contribution in [0.4, 0.5) is 11.8 Å². The van der Waals surface area contributed by atoms with Gasteiger partial charge in [-0.05, 0) is 25.3 Å². The average molecular weight is 315 g/mol. The van der Waals surface area contributed by atoms with E-state index < -0.39 is 0 Å². The predicted octanol–water partition coefficient (Wildman–Crippen LogP) is 1.09. The Kier molecular flexibility index (Phi) is 4.06. The Bertz CT molecular complexity index is 653. The molecule has 2 unspecified atom stereocenters. The van der Waals surface area contributed by atoms with E-state index in [4.69, 9.17) is 4.74 Å². The van der Waals surface area contributed by atoms with Gasteiger partial charge < -0.3 is 15.4 Å². The molecule has 2 aliphatic rings. The van der Waals surface area contributed by atoms with Crippen molar-refractivity contribution in [2.45, 2.75) is 44.3 Å². The second kappa shape index (κ2) is 6.49. The minimum absolute atomic E-state index is 0.275. The monoisotopic (exact) mass is 315 g/mol. The van der Waals surface area contributed by atoms with E-state index >= 15 is 0 Å². The molecule has 0 saturated carbocycles. The molecule has 1 fully saturated rings. The number of anilines is 2. The molecule has 0 amide bonds. The second-order valence-corrected chi connectivity index (χ2v) is 6.06. The van der Waals surface area contributed by atoms with E-state index in [1.54, 1.807) is 12.5 Å². The van der Waals surface area contributed by atoms with Crippen molar-refractivity contribution in [3.63, 3.8) is 0 Å². The SMILES string of the molecule is c1cc(NC2CCCOC2)nc(NC2CCc3ncnn3C2)n1. The number of fused-ring (bicyclic) bond motifs is 1. The van der Waals surface area contributed by atoms with Crippen LogP contribution >= 0.6 is 0 Å². The van der Waals surface area contributed by atoms with Gasteiger partial charge in [0.15, 0.2) is 0 Å².